The molecule has 1 aliphatic rings. The molecular formula is C18H26N2O3. The Labute approximate surface area is 137 Å². The van der Waals surface area contributed by atoms with Crippen molar-refractivity contribution in [2.75, 3.05) is 24.5 Å². The number of rotatable bonds is 5. The zero-order valence-electron chi connectivity index (χ0n) is 14.1. The highest BCUT2D eigenvalue weighted by Crippen LogP contribution is 2.23. The van der Waals surface area contributed by atoms with Gasteiger partial charge in [-0.3, -0.25) is 14.5 Å². The van der Waals surface area contributed by atoms with Crippen LogP contribution in [0.2, 0.25) is 0 Å². The third-order valence-electron chi connectivity index (χ3n) is 4.26. The standard InChI is InChI=1S/C18H26N2O3/c1-13(2)20(16-7-5-4-6-8-16)17(21)12-19-10-14(3)9-15(11-19)18(22)23/h4-8,13-15H,9-12H2,1-3H3,(H,22,23). The number of benzene rings is 1. The van der Waals surface area contributed by atoms with Crippen molar-refractivity contribution in [1.29, 1.82) is 0 Å². The van der Waals surface area contributed by atoms with Crippen molar-refractivity contribution in [3.63, 3.8) is 0 Å². The minimum Gasteiger partial charge on any atom is -0.481 e. The fourth-order valence-electron chi connectivity index (χ4n) is 3.36. The molecule has 0 spiro atoms. The number of piperidine rings is 1. The highest BCUT2D eigenvalue weighted by Gasteiger charge is 2.31. The normalized spacial score (nSPS) is 22.1. The summed E-state index contributed by atoms with van der Waals surface area (Å²) in [5.74, 6) is -0.833. The maximum absolute atomic E-state index is 12.8. The molecule has 23 heavy (non-hydrogen) atoms. The molecule has 5 heteroatoms. The van der Waals surface area contributed by atoms with Crippen LogP contribution in [0.4, 0.5) is 5.69 Å². The van der Waals surface area contributed by atoms with Gasteiger partial charge >= 0.3 is 5.97 Å². The fraction of sp³-hybridized carbons (Fsp3) is 0.556. The van der Waals surface area contributed by atoms with Gasteiger partial charge in [0.2, 0.25) is 5.91 Å². The number of para-hydroxylation sites is 1. The summed E-state index contributed by atoms with van der Waals surface area (Å²) in [6, 6.07) is 9.68. The second kappa shape index (κ2) is 7.59. The highest BCUT2D eigenvalue weighted by atomic mass is 16.4. The van der Waals surface area contributed by atoms with Crippen molar-refractivity contribution in [1.82, 2.24) is 4.90 Å². The number of hydrogen-bond acceptors (Lipinski definition) is 3. The lowest BCUT2D eigenvalue weighted by Crippen LogP contribution is -2.49. The Balaban J connectivity index is 2.08. The second-order valence-electron chi connectivity index (χ2n) is 6.76. The van der Waals surface area contributed by atoms with Gasteiger partial charge < -0.3 is 10.0 Å². The van der Waals surface area contributed by atoms with Gasteiger partial charge in [0, 0.05) is 24.8 Å². The Bertz CT molecular complexity index is 544. The largest absolute Gasteiger partial charge is 0.481 e. The van der Waals surface area contributed by atoms with E-state index in [9.17, 15) is 14.7 Å². The van der Waals surface area contributed by atoms with Crippen LogP contribution in [-0.2, 0) is 9.59 Å². The van der Waals surface area contributed by atoms with E-state index in [1.54, 1.807) is 4.90 Å². The first-order chi connectivity index (χ1) is 10.9. The van der Waals surface area contributed by atoms with Crippen LogP contribution in [0, 0.1) is 11.8 Å². The Morgan fingerprint density at radius 2 is 1.91 bits per heavy atom. The summed E-state index contributed by atoms with van der Waals surface area (Å²) in [5, 5.41) is 9.26. The van der Waals surface area contributed by atoms with Crippen molar-refractivity contribution in [2.24, 2.45) is 11.8 Å². The van der Waals surface area contributed by atoms with Gasteiger partial charge in [-0.2, -0.15) is 0 Å². The van der Waals surface area contributed by atoms with E-state index in [1.807, 2.05) is 56.0 Å². The van der Waals surface area contributed by atoms with Crippen LogP contribution >= 0.6 is 0 Å². The quantitative estimate of drug-likeness (QED) is 0.906. The van der Waals surface area contributed by atoms with Gasteiger partial charge in [-0.15, -0.1) is 0 Å². The number of nitrogens with zero attached hydrogens (tertiary/aromatic N) is 2. The molecule has 0 radical (unpaired) electrons. The van der Waals surface area contributed by atoms with E-state index in [0.29, 0.717) is 18.9 Å². The van der Waals surface area contributed by atoms with Gasteiger partial charge in [0.15, 0.2) is 0 Å². The van der Waals surface area contributed by atoms with Crippen LogP contribution in [0.5, 0.6) is 0 Å². The third kappa shape index (κ3) is 4.55. The second-order valence-corrected chi connectivity index (χ2v) is 6.76. The molecule has 1 heterocycles. The van der Waals surface area contributed by atoms with E-state index in [1.165, 1.54) is 0 Å². The minimum atomic E-state index is -0.766. The van der Waals surface area contributed by atoms with E-state index in [2.05, 4.69) is 0 Å². The monoisotopic (exact) mass is 318 g/mol. The summed E-state index contributed by atoms with van der Waals surface area (Å²) in [4.78, 5) is 27.8. The predicted molar refractivity (Wildman–Crippen MR) is 90.4 cm³/mol. The highest BCUT2D eigenvalue weighted by molar-refractivity contribution is 5.95. The van der Waals surface area contributed by atoms with Gasteiger partial charge in [-0.05, 0) is 38.3 Å². The molecule has 0 aliphatic carbocycles. The molecule has 2 unspecified atom stereocenters. The van der Waals surface area contributed by atoms with Crippen molar-refractivity contribution in [2.45, 2.75) is 33.2 Å². The number of likely N-dealkylation sites (tertiary alicyclic amines) is 1. The molecule has 1 amide bonds. The summed E-state index contributed by atoms with van der Waals surface area (Å²) in [6.07, 6.45) is 0.687. The average molecular weight is 318 g/mol. The van der Waals surface area contributed by atoms with Crippen LogP contribution < -0.4 is 4.90 Å². The van der Waals surface area contributed by atoms with E-state index in [4.69, 9.17) is 0 Å². The molecule has 5 nitrogen and oxygen atoms in total. The SMILES string of the molecule is CC1CC(C(=O)O)CN(CC(=O)N(c2ccccc2)C(C)C)C1. The Morgan fingerprint density at radius 3 is 2.48 bits per heavy atom. The summed E-state index contributed by atoms with van der Waals surface area (Å²) in [7, 11) is 0. The lowest BCUT2D eigenvalue weighted by Gasteiger charge is -2.36. The molecule has 0 bridgehead atoms. The summed E-state index contributed by atoms with van der Waals surface area (Å²) in [6.45, 7) is 7.52. The number of carbonyl (C=O) groups excluding carboxylic acids is 1. The van der Waals surface area contributed by atoms with Crippen LogP contribution in [0.3, 0.4) is 0 Å². The van der Waals surface area contributed by atoms with Gasteiger partial charge in [0.1, 0.15) is 0 Å². The minimum absolute atomic E-state index is 0.0180. The smallest absolute Gasteiger partial charge is 0.307 e. The van der Waals surface area contributed by atoms with Crippen molar-refractivity contribution < 1.29 is 14.7 Å². The number of carboxylic acid groups (broad SMARTS) is 1. The summed E-state index contributed by atoms with van der Waals surface area (Å²) >= 11 is 0. The molecule has 2 atom stereocenters. The molecular weight excluding hydrogens is 292 g/mol. The molecule has 0 saturated carbocycles. The molecule has 1 N–H and O–H groups in total. The molecule has 126 valence electrons. The Hall–Kier alpha value is -1.88. The number of hydrogen-bond donors (Lipinski definition) is 1. The zero-order chi connectivity index (χ0) is 17.0. The van der Waals surface area contributed by atoms with Crippen molar-refractivity contribution in [3.05, 3.63) is 30.3 Å². The van der Waals surface area contributed by atoms with Gasteiger partial charge in [-0.1, -0.05) is 25.1 Å². The Morgan fingerprint density at radius 1 is 1.26 bits per heavy atom. The van der Waals surface area contributed by atoms with E-state index < -0.39 is 5.97 Å². The molecule has 2 rings (SSSR count). The molecule has 1 aromatic rings. The first-order valence-corrected chi connectivity index (χ1v) is 8.20. The fourth-order valence-corrected chi connectivity index (χ4v) is 3.36. The van der Waals surface area contributed by atoms with Crippen molar-refractivity contribution >= 4 is 17.6 Å². The number of amides is 1. The summed E-state index contributed by atoms with van der Waals surface area (Å²) < 4.78 is 0. The molecule has 0 aromatic heterocycles. The van der Waals surface area contributed by atoms with Crippen LogP contribution in [0.15, 0.2) is 30.3 Å². The number of carboxylic acids is 1. The summed E-state index contributed by atoms with van der Waals surface area (Å²) in [5.41, 5.74) is 0.882. The topological polar surface area (TPSA) is 60.9 Å². The van der Waals surface area contributed by atoms with Gasteiger partial charge in [0.05, 0.1) is 12.5 Å². The Kier molecular flexibility index (Phi) is 5.77. The lowest BCUT2D eigenvalue weighted by atomic mass is 9.90. The number of anilines is 1. The molecule has 1 aliphatic heterocycles. The average Bonchev–Trinajstić information content (AvgIpc) is 2.47. The lowest BCUT2D eigenvalue weighted by molar-refractivity contribution is -0.145. The molecule has 1 aromatic carbocycles. The van der Waals surface area contributed by atoms with Gasteiger partial charge in [-0.25, -0.2) is 0 Å². The van der Waals surface area contributed by atoms with Crippen molar-refractivity contribution in [3.8, 4) is 0 Å². The number of carbonyl (C=O) groups is 2. The third-order valence-corrected chi connectivity index (χ3v) is 4.26. The zero-order valence-corrected chi connectivity index (χ0v) is 14.1. The maximum Gasteiger partial charge on any atom is 0.307 e. The van der Waals surface area contributed by atoms with Crippen LogP contribution in [-0.4, -0.2) is 47.6 Å². The molecule has 1 fully saturated rings. The predicted octanol–water partition coefficient (Wildman–Crippen LogP) is 2.47. The number of aliphatic carboxylic acids is 1. The van der Waals surface area contributed by atoms with E-state index in [-0.39, 0.29) is 24.4 Å². The van der Waals surface area contributed by atoms with E-state index in [0.717, 1.165) is 12.2 Å². The molecule has 1 saturated heterocycles. The van der Waals surface area contributed by atoms with E-state index >= 15 is 0 Å². The van der Waals surface area contributed by atoms with Crippen LogP contribution in [0.25, 0.3) is 0 Å². The first kappa shape index (κ1) is 17.5. The first-order valence-electron chi connectivity index (χ1n) is 8.20. The maximum atomic E-state index is 12.8. The van der Waals surface area contributed by atoms with Gasteiger partial charge in [0.25, 0.3) is 0 Å². The van der Waals surface area contributed by atoms with Crippen LogP contribution in [0.1, 0.15) is 27.2 Å².